The van der Waals surface area contributed by atoms with E-state index in [0.29, 0.717) is 15.1 Å². The molecule has 108 valence electrons. The highest BCUT2D eigenvalue weighted by Gasteiger charge is 2.15. The molecule has 1 atom stereocenters. The maximum absolute atomic E-state index is 6.28. The molecule has 1 unspecified atom stereocenters. The van der Waals surface area contributed by atoms with Gasteiger partial charge < -0.3 is 5.32 Å². The number of hydrogen-bond acceptors (Lipinski definition) is 4. The lowest BCUT2D eigenvalue weighted by Gasteiger charge is -2.18. The van der Waals surface area contributed by atoms with Crippen molar-refractivity contribution in [2.24, 2.45) is 0 Å². The lowest BCUT2D eigenvalue weighted by molar-refractivity contribution is 0.887. The predicted molar refractivity (Wildman–Crippen MR) is 90.9 cm³/mol. The Labute approximate surface area is 141 Å². The molecule has 21 heavy (non-hydrogen) atoms. The lowest BCUT2D eigenvalue weighted by Crippen LogP contribution is -2.08. The van der Waals surface area contributed by atoms with Gasteiger partial charge in [0.1, 0.15) is 11.0 Å². The summed E-state index contributed by atoms with van der Waals surface area (Å²) in [7, 11) is 0. The van der Waals surface area contributed by atoms with Crippen LogP contribution in [0.4, 0.5) is 5.69 Å². The molecule has 0 aliphatic carbocycles. The fraction of sp³-hybridized carbons (Fsp3) is 0.143. The summed E-state index contributed by atoms with van der Waals surface area (Å²) in [5, 5.41) is 5.19. The molecule has 1 N–H and O–H groups in total. The van der Waals surface area contributed by atoms with Crippen LogP contribution in [0.1, 0.15) is 18.5 Å². The van der Waals surface area contributed by atoms with Crippen molar-refractivity contribution in [2.45, 2.75) is 13.0 Å². The summed E-state index contributed by atoms with van der Waals surface area (Å²) in [6.45, 7) is 2.00. The number of aromatic nitrogens is 2. The molecule has 0 aliphatic heterocycles. The molecule has 3 nitrogen and oxygen atoms in total. The maximum Gasteiger partial charge on any atom is 0.129 e. The van der Waals surface area contributed by atoms with Gasteiger partial charge in [0.05, 0.1) is 28.5 Å². The molecule has 0 spiro atoms. The molecule has 0 radical (unpaired) electrons. The average molecular weight is 359 g/mol. The number of nitrogens with zero attached hydrogens (tertiary/aromatic N) is 2. The Morgan fingerprint density at radius 2 is 1.86 bits per heavy atom. The van der Waals surface area contributed by atoms with E-state index in [-0.39, 0.29) is 6.04 Å². The summed E-state index contributed by atoms with van der Waals surface area (Å²) in [6, 6.07) is 9.06. The monoisotopic (exact) mass is 357 g/mol. The Balaban J connectivity index is 1.98. The van der Waals surface area contributed by atoms with Gasteiger partial charge in [-0.3, -0.25) is 0 Å². The fourth-order valence-electron chi connectivity index (χ4n) is 2.11. The molecule has 0 bridgehead atoms. The Hall–Kier alpha value is -1.07. The highest BCUT2D eigenvalue weighted by Crippen LogP contribution is 2.34. The molecule has 3 aromatic rings. The molecule has 0 amide bonds. The minimum Gasteiger partial charge on any atom is -0.375 e. The highest BCUT2D eigenvalue weighted by atomic mass is 35.5. The van der Waals surface area contributed by atoms with Crippen LogP contribution in [-0.4, -0.2) is 8.75 Å². The van der Waals surface area contributed by atoms with Gasteiger partial charge in [0.25, 0.3) is 0 Å². The lowest BCUT2D eigenvalue weighted by atomic mass is 10.1. The standard InChI is InChI=1S/C14H10Cl3N3S/c1-7(9-3-2-8(15)6-11(9)17)18-13-10(16)4-5-12-14(13)20-21-19-12/h2-7,18H,1H3. The zero-order valence-electron chi connectivity index (χ0n) is 10.9. The van der Waals surface area contributed by atoms with E-state index in [0.717, 1.165) is 34.0 Å². The first kappa shape index (κ1) is 14.9. The van der Waals surface area contributed by atoms with Crippen LogP contribution in [0.15, 0.2) is 30.3 Å². The molecule has 3 rings (SSSR count). The summed E-state index contributed by atoms with van der Waals surface area (Å²) in [5.41, 5.74) is 3.30. The molecule has 7 heteroatoms. The number of hydrogen-bond donors (Lipinski definition) is 1. The molecular weight excluding hydrogens is 349 g/mol. The number of rotatable bonds is 3. The van der Waals surface area contributed by atoms with E-state index in [9.17, 15) is 0 Å². The van der Waals surface area contributed by atoms with Gasteiger partial charge in [0, 0.05) is 10.0 Å². The van der Waals surface area contributed by atoms with E-state index in [1.54, 1.807) is 6.07 Å². The molecular formula is C14H10Cl3N3S. The van der Waals surface area contributed by atoms with Gasteiger partial charge >= 0.3 is 0 Å². The molecule has 0 fully saturated rings. The summed E-state index contributed by atoms with van der Waals surface area (Å²) in [5.74, 6) is 0. The van der Waals surface area contributed by atoms with Gasteiger partial charge in [-0.15, -0.1) is 0 Å². The van der Waals surface area contributed by atoms with Crippen molar-refractivity contribution in [2.75, 3.05) is 5.32 Å². The molecule has 0 saturated carbocycles. The van der Waals surface area contributed by atoms with Gasteiger partial charge in [-0.2, -0.15) is 8.75 Å². The Morgan fingerprint density at radius 1 is 1.05 bits per heavy atom. The minimum atomic E-state index is -0.0421. The normalized spacial score (nSPS) is 12.6. The number of halogens is 3. The van der Waals surface area contributed by atoms with Crippen molar-refractivity contribution < 1.29 is 0 Å². The Kier molecular flexibility index (Phi) is 4.22. The zero-order valence-corrected chi connectivity index (χ0v) is 14.0. The largest absolute Gasteiger partial charge is 0.375 e. The number of benzene rings is 2. The summed E-state index contributed by atoms with van der Waals surface area (Å²) in [6.07, 6.45) is 0. The highest BCUT2D eigenvalue weighted by molar-refractivity contribution is 7.00. The second-order valence-corrected chi connectivity index (χ2v) is 6.37. The van der Waals surface area contributed by atoms with Crippen LogP contribution in [-0.2, 0) is 0 Å². The van der Waals surface area contributed by atoms with Gasteiger partial charge in [0.2, 0.25) is 0 Å². The van der Waals surface area contributed by atoms with Crippen molar-refractivity contribution in [3.8, 4) is 0 Å². The third-order valence-electron chi connectivity index (χ3n) is 3.17. The molecule has 0 aliphatic rings. The van der Waals surface area contributed by atoms with Crippen molar-refractivity contribution >= 4 is 63.3 Å². The summed E-state index contributed by atoms with van der Waals surface area (Å²) in [4.78, 5) is 0. The van der Waals surface area contributed by atoms with Crippen LogP contribution in [0.2, 0.25) is 15.1 Å². The van der Waals surface area contributed by atoms with Crippen LogP contribution in [0.5, 0.6) is 0 Å². The van der Waals surface area contributed by atoms with Gasteiger partial charge in [0.15, 0.2) is 0 Å². The van der Waals surface area contributed by atoms with Crippen LogP contribution in [0.25, 0.3) is 11.0 Å². The SMILES string of the molecule is CC(Nc1c(Cl)ccc2nsnc12)c1ccc(Cl)cc1Cl. The molecule has 1 aromatic heterocycles. The van der Waals surface area contributed by atoms with Gasteiger partial charge in [-0.05, 0) is 36.8 Å². The quantitative estimate of drug-likeness (QED) is 0.640. The third-order valence-corrected chi connectivity index (χ3v) is 4.59. The van der Waals surface area contributed by atoms with E-state index >= 15 is 0 Å². The number of anilines is 1. The molecule has 1 heterocycles. The zero-order chi connectivity index (χ0) is 15.0. The maximum atomic E-state index is 6.28. The summed E-state index contributed by atoms with van der Waals surface area (Å²) < 4.78 is 8.51. The first-order valence-electron chi connectivity index (χ1n) is 6.18. The van der Waals surface area contributed by atoms with Crippen LogP contribution >= 0.6 is 46.5 Å². The van der Waals surface area contributed by atoms with E-state index in [1.807, 2.05) is 31.2 Å². The fourth-order valence-corrected chi connectivity index (χ4v) is 3.43. The average Bonchev–Trinajstić information content (AvgIpc) is 2.90. The van der Waals surface area contributed by atoms with Crippen LogP contribution in [0, 0.1) is 0 Å². The first-order valence-corrected chi connectivity index (χ1v) is 8.05. The van der Waals surface area contributed by atoms with E-state index in [4.69, 9.17) is 34.8 Å². The van der Waals surface area contributed by atoms with E-state index in [2.05, 4.69) is 14.1 Å². The number of fused-ring (bicyclic) bond motifs is 1. The second kappa shape index (κ2) is 5.97. The van der Waals surface area contributed by atoms with Crippen LogP contribution in [0.3, 0.4) is 0 Å². The van der Waals surface area contributed by atoms with Gasteiger partial charge in [-0.1, -0.05) is 40.9 Å². The smallest absolute Gasteiger partial charge is 0.129 e. The molecule has 0 saturated heterocycles. The van der Waals surface area contributed by atoms with Gasteiger partial charge in [-0.25, -0.2) is 0 Å². The van der Waals surface area contributed by atoms with Crippen LogP contribution < -0.4 is 5.32 Å². The topological polar surface area (TPSA) is 37.8 Å². The van der Waals surface area contributed by atoms with Crippen molar-refractivity contribution in [3.05, 3.63) is 51.0 Å². The first-order chi connectivity index (χ1) is 10.1. The summed E-state index contributed by atoms with van der Waals surface area (Å²) >= 11 is 19.6. The third kappa shape index (κ3) is 2.94. The Bertz CT molecular complexity index is 803. The molecule has 2 aromatic carbocycles. The van der Waals surface area contributed by atoms with Crippen molar-refractivity contribution in [1.29, 1.82) is 0 Å². The Morgan fingerprint density at radius 3 is 2.62 bits per heavy atom. The second-order valence-electron chi connectivity index (χ2n) is 4.59. The predicted octanol–water partition coefficient (Wildman–Crippen LogP) is 5.82. The minimum absolute atomic E-state index is 0.0421. The van der Waals surface area contributed by atoms with Crippen molar-refractivity contribution in [3.63, 3.8) is 0 Å². The van der Waals surface area contributed by atoms with E-state index < -0.39 is 0 Å². The number of nitrogens with one attached hydrogen (secondary N) is 1. The van der Waals surface area contributed by atoms with E-state index in [1.165, 1.54) is 0 Å². The van der Waals surface area contributed by atoms with Crippen molar-refractivity contribution in [1.82, 2.24) is 8.75 Å².